The molecule has 3 rings (SSSR count). The van der Waals surface area contributed by atoms with Crippen molar-refractivity contribution in [1.82, 2.24) is 19.5 Å². The molecule has 0 aromatic carbocycles. The molecule has 1 atom stereocenters. The standard InChI is InChI=1S/C14H20ClN5/c1-10-4-5-12-14(16-10)20(13(17-12)11(2)15)19-8-6-18(3)7-9-19/h4-5,11H,6-9H2,1-3H3. The van der Waals surface area contributed by atoms with E-state index in [1.165, 1.54) is 0 Å². The molecule has 108 valence electrons. The highest BCUT2D eigenvalue weighted by Crippen LogP contribution is 2.24. The van der Waals surface area contributed by atoms with Crippen molar-refractivity contribution < 1.29 is 0 Å². The minimum atomic E-state index is -0.135. The summed E-state index contributed by atoms with van der Waals surface area (Å²) in [6.07, 6.45) is 0. The quantitative estimate of drug-likeness (QED) is 0.793. The highest BCUT2D eigenvalue weighted by molar-refractivity contribution is 6.20. The lowest BCUT2D eigenvalue weighted by Gasteiger charge is -2.35. The van der Waals surface area contributed by atoms with E-state index < -0.39 is 0 Å². The van der Waals surface area contributed by atoms with E-state index in [1.807, 2.05) is 26.0 Å². The van der Waals surface area contributed by atoms with Crippen molar-refractivity contribution >= 4 is 22.8 Å². The van der Waals surface area contributed by atoms with E-state index in [4.69, 9.17) is 11.6 Å². The molecule has 2 aromatic rings. The highest BCUT2D eigenvalue weighted by Gasteiger charge is 2.23. The maximum atomic E-state index is 6.32. The molecule has 3 heterocycles. The summed E-state index contributed by atoms with van der Waals surface area (Å²) in [6, 6.07) is 4.01. The van der Waals surface area contributed by atoms with Crippen molar-refractivity contribution in [3.8, 4) is 0 Å². The summed E-state index contributed by atoms with van der Waals surface area (Å²) < 4.78 is 2.12. The van der Waals surface area contributed by atoms with E-state index in [2.05, 4.69) is 31.6 Å². The second kappa shape index (κ2) is 5.22. The van der Waals surface area contributed by atoms with Gasteiger partial charge in [-0.05, 0) is 33.0 Å². The van der Waals surface area contributed by atoms with Crippen molar-refractivity contribution in [2.75, 3.05) is 38.2 Å². The largest absolute Gasteiger partial charge is 0.307 e. The first kappa shape index (κ1) is 13.6. The van der Waals surface area contributed by atoms with Crippen LogP contribution in [-0.4, -0.2) is 52.8 Å². The first-order valence-corrected chi connectivity index (χ1v) is 7.44. The Hall–Kier alpha value is -1.33. The Morgan fingerprint density at radius 3 is 2.50 bits per heavy atom. The number of aryl methyl sites for hydroxylation is 1. The number of halogens is 1. The summed E-state index contributed by atoms with van der Waals surface area (Å²) >= 11 is 6.32. The van der Waals surface area contributed by atoms with Gasteiger partial charge in [0, 0.05) is 31.9 Å². The van der Waals surface area contributed by atoms with E-state index in [-0.39, 0.29) is 5.38 Å². The molecule has 5 nitrogen and oxygen atoms in total. The first-order valence-electron chi connectivity index (χ1n) is 7.00. The molecular formula is C14H20ClN5. The van der Waals surface area contributed by atoms with Crippen LogP contribution < -0.4 is 5.01 Å². The molecule has 0 amide bonds. The minimum Gasteiger partial charge on any atom is -0.307 e. The number of aromatic nitrogens is 3. The number of hydrogen-bond donors (Lipinski definition) is 0. The maximum Gasteiger partial charge on any atom is 0.179 e. The first-order chi connectivity index (χ1) is 9.56. The van der Waals surface area contributed by atoms with Gasteiger partial charge >= 0.3 is 0 Å². The van der Waals surface area contributed by atoms with Crippen LogP contribution in [0.4, 0.5) is 0 Å². The van der Waals surface area contributed by atoms with Gasteiger partial charge in [-0.1, -0.05) is 0 Å². The number of nitrogens with zero attached hydrogens (tertiary/aromatic N) is 5. The number of fused-ring (bicyclic) bond motifs is 1. The predicted octanol–water partition coefficient (Wildman–Crippen LogP) is 1.92. The smallest absolute Gasteiger partial charge is 0.179 e. The number of pyridine rings is 1. The summed E-state index contributed by atoms with van der Waals surface area (Å²) in [5, 5.41) is 2.17. The summed E-state index contributed by atoms with van der Waals surface area (Å²) in [5.41, 5.74) is 2.83. The Morgan fingerprint density at radius 2 is 1.85 bits per heavy atom. The average molecular weight is 294 g/mol. The molecule has 1 fully saturated rings. The van der Waals surface area contributed by atoms with Gasteiger partial charge in [-0.15, -0.1) is 11.6 Å². The fraction of sp³-hybridized carbons (Fsp3) is 0.571. The maximum absolute atomic E-state index is 6.32. The molecule has 1 unspecified atom stereocenters. The van der Waals surface area contributed by atoms with Gasteiger partial charge in [-0.2, -0.15) is 0 Å². The van der Waals surface area contributed by atoms with Gasteiger partial charge in [-0.3, -0.25) is 0 Å². The molecule has 0 saturated carbocycles. The van der Waals surface area contributed by atoms with Gasteiger partial charge in [0.15, 0.2) is 5.65 Å². The van der Waals surface area contributed by atoms with Gasteiger partial charge in [-0.25, -0.2) is 14.6 Å². The number of rotatable bonds is 2. The zero-order valence-electron chi connectivity index (χ0n) is 12.2. The Morgan fingerprint density at radius 1 is 1.15 bits per heavy atom. The summed E-state index contributed by atoms with van der Waals surface area (Å²) in [4.78, 5) is 11.7. The van der Waals surface area contributed by atoms with Crippen LogP contribution in [0.2, 0.25) is 0 Å². The molecule has 6 heteroatoms. The fourth-order valence-corrected chi connectivity index (χ4v) is 2.73. The van der Waals surface area contributed by atoms with Crippen LogP contribution in [0.3, 0.4) is 0 Å². The molecule has 0 bridgehead atoms. The molecule has 0 spiro atoms. The van der Waals surface area contributed by atoms with E-state index in [0.717, 1.165) is 48.9 Å². The van der Waals surface area contributed by atoms with Crippen molar-refractivity contribution in [3.05, 3.63) is 23.7 Å². The second-order valence-corrected chi connectivity index (χ2v) is 6.10. The Bertz CT molecular complexity index is 613. The number of likely N-dealkylation sites (N-methyl/N-ethyl adjacent to an activating group) is 1. The zero-order valence-corrected chi connectivity index (χ0v) is 12.9. The Balaban J connectivity index is 2.10. The lowest BCUT2D eigenvalue weighted by Crippen LogP contribution is -2.50. The monoisotopic (exact) mass is 293 g/mol. The molecule has 20 heavy (non-hydrogen) atoms. The number of alkyl halides is 1. The predicted molar refractivity (Wildman–Crippen MR) is 82.0 cm³/mol. The third kappa shape index (κ3) is 2.36. The Labute approximate surface area is 124 Å². The molecule has 0 aliphatic carbocycles. The summed E-state index contributed by atoms with van der Waals surface area (Å²) in [7, 11) is 2.15. The third-order valence-electron chi connectivity index (χ3n) is 3.76. The molecule has 1 saturated heterocycles. The molecule has 0 radical (unpaired) electrons. The van der Waals surface area contributed by atoms with Gasteiger partial charge in [0.2, 0.25) is 0 Å². The van der Waals surface area contributed by atoms with Gasteiger partial charge < -0.3 is 9.91 Å². The van der Waals surface area contributed by atoms with Crippen LogP contribution in [0.15, 0.2) is 12.1 Å². The number of piperazine rings is 1. The van der Waals surface area contributed by atoms with Gasteiger partial charge in [0.25, 0.3) is 0 Å². The normalized spacial score (nSPS) is 18.7. The van der Waals surface area contributed by atoms with E-state index in [0.29, 0.717) is 0 Å². The average Bonchev–Trinajstić information content (AvgIpc) is 2.78. The lowest BCUT2D eigenvalue weighted by molar-refractivity contribution is 0.287. The van der Waals surface area contributed by atoms with Crippen molar-refractivity contribution in [3.63, 3.8) is 0 Å². The zero-order chi connectivity index (χ0) is 14.3. The topological polar surface area (TPSA) is 37.2 Å². The molecule has 1 aliphatic rings. The third-order valence-corrected chi connectivity index (χ3v) is 3.96. The lowest BCUT2D eigenvalue weighted by atomic mass is 10.3. The SMILES string of the molecule is Cc1ccc2nc(C(C)Cl)n(N3CCN(C)CC3)c2n1. The molecule has 2 aromatic heterocycles. The fourth-order valence-electron chi connectivity index (χ4n) is 2.59. The van der Waals surface area contributed by atoms with Crippen LogP contribution >= 0.6 is 11.6 Å². The second-order valence-electron chi connectivity index (χ2n) is 5.45. The van der Waals surface area contributed by atoms with Crippen LogP contribution in [0, 0.1) is 6.92 Å². The number of imidazole rings is 1. The van der Waals surface area contributed by atoms with E-state index in [1.54, 1.807) is 0 Å². The minimum absolute atomic E-state index is 0.135. The van der Waals surface area contributed by atoms with Gasteiger partial charge in [0.1, 0.15) is 11.3 Å². The molecular weight excluding hydrogens is 274 g/mol. The summed E-state index contributed by atoms with van der Waals surface area (Å²) in [5.74, 6) is 0.879. The van der Waals surface area contributed by atoms with Crippen molar-refractivity contribution in [2.45, 2.75) is 19.2 Å². The van der Waals surface area contributed by atoms with Crippen molar-refractivity contribution in [2.24, 2.45) is 0 Å². The van der Waals surface area contributed by atoms with Gasteiger partial charge in [0.05, 0.1) is 5.38 Å². The molecule has 1 aliphatic heterocycles. The molecule has 0 N–H and O–H groups in total. The highest BCUT2D eigenvalue weighted by atomic mass is 35.5. The van der Waals surface area contributed by atoms with E-state index >= 15 is 0 Å². The number of hydrogen-bond acceptors (Lipinski definition) is 4. The summed E-state index contributed by atoms with van der Waals surface area (Å²) in [6.45, 7) is 7.98. The van der Waals surface area contributed by atoms with Crippen LogP contribution in [-0.2, 0) is 0 Å². The van der Waals surface area contributed by atoms with Crippen LogP contribution in [0.5, 0.6) is 0 Å². The van der Waals surface area contributed by atoms with E-state index in [9.17, 15) is 0 Å². The van der Waals surface area contributed by atoms with Crippen LogP contribution in [0.1, 0.15) is 23.8 Å². The van der Waals surface area contributed by atoms with Crippen LogP contribution in [0.25, 0.3) is 11.2 Å². The Kier molecular flexibility index (Phi) is 3.56. The van der Waals surface area contributed by atoms with Crippen molar-refractivity contribution in [1.29, 1.82) is 0 Å².